The average Bonchev–Trinajstić information content (AvgIpc) is 3.25. The van der Waals surface area contributed by atoms with E-state index in [0.29, 0.717) is 25.4 Å². The van der Waals surface area contributed by atoms with Crippen LogP contribution in [-0.4, -0.2) is 46.3 Å². The first-order valence-electron chi connectivity index (χ1n) is 8.31. The lowest BCUT2D eigenvalue weighted by molar-refractivity contribution is -0.135. The van der Waals surface area contributed by atoms with Crippen molar-refractivity contribution in [3.05, 3.63) is 59.5 Å². The number of rotatable bonds is 6. The Morgan fingerprint density at radius 1 is 1.27 bits per heavy atom. The second kappa shape index (κ2) is 7.43. The third-order valence-electron chi connectivity index (χ3n) is 4.49. The third kappa shape index (κ3) is 3.93. The highest BCUT2D eigenvalue weighted by Crippen LogP contribution is 2.22. The number of carbonyl (C=O) groups is 3. The second-order valence-corrected chi connectivity index (χ2v) is 6.45. The van der Waals surface area contributed by atoms with Gasteiger partial charge in [0.2, 0.25) is 11.8 Å². The summed E-state index contributed by atoms with van der Waals surface area (Å²) < 4.78 is 5.26. The van der Waals surface area contributed by atoms with Gasteiger partial charge in [-0.2, -0.15) is 0 Å². The largest absolute Gasteiger partial charge is 0.478 e. The van der Waals surface area contributed by atoms with Crippen molar-refractivity contribution in [2.45, 2.75) is 19.5 Å². The van der Waals surface area contributed by atoms with Crippen LogP contribution in [-0.2, 0) is 22.7 Å². The van der Waals surface area contributed by atoms with E-state index in [1.807, 2.05) is 0 Å². The van der Waals surface area contributed by atoms with Gasteiger partial charge in [0.05, 0.1) is 24.3 Å². The molecule has 0 radical (unpaired) electrons. The maximum atomic E-state index is 12.6. The van der Waals surface area contributed by atoms with Crippen LogP contribution < -0.4 is 0 Å². The number of hydrogen-bond donors (Lipinski definition) is 1. The molecule has 2 amide bonds. The van der Waals surface area contributed by atoms with E-state index in [1.165, 1.54) is 12.1 Å². The van der Waals surface area contributed by atoms with Crippen LogP contribution in [0.4, 0.5) is 0 Å². The van der Waals surface area contributed by atoms with Crippen molar-refractivity contribution in [1.82, 2.24) is 9.80 Å². The number of nitrogens with zero attached hydrogens (tertiary/aromatic N) is 2. The van der Waals surface area contributed by atoms with Gasteiger partial charge >= 0.3 is 5.97 Å². The zero-order valence-corrected chi connectivity index (χ0v) is 14.4. The topological polar surface area (TPSA) is 91.1 Å². The van der Waals surface area contributed by atoms with Crippen molar-refractivity contribution in [2.75, 3.05) is 13.6 Å². The van der Waals surface area contributed by atoms with Gasteiger partial charge in [0, 0.05) is 26.6 Å². The van der Waals surface area contributed by atoms with Crippen LogP contribution in [0.1, 0.15) is 28.1 Å². The van der Waals surface area contributed by atoms with Crippen molar-refractivity contribution in [3.63, 3.8) is 0 Å². The average molecular weight is 356 g/mol. The molecular weight excluding hydrogens is 336 g/mol. The van der Waals surface area contributed by atoms with Gasteiger partial charge in [-0.25, -0.2) is 4.79 Å². The van der Waals surface area contributed by atoms with Crippen LogP contribution in [0.15, 0.2) is 47.1 Å². The van der Waals surface area contributed by atoms with Crippen molar-refractivity contribution in [2.24, 2.45) is 5.92 Å². The molecule has 0 saturated carbocycles. The van der Waals surface area contributed by atoms with E-state index < -0.39 is 5.97 Å². The molecule has 1 aliphatic rings. The van der Waals surface area contributed by atoms with Crippen molar-refractivity contribution < 1.29 is 23.9 Å². The maximum Gasteiger partial charge on any atom is 0.335 e. The SMILES string of the molecule is CN(Cc1ccc(C(=O)O)cc1)C(=O)C1CC(=O)N(Cc2ccco2)C1. The van der Waals surface area contributed by atoms with E-state index in [4.69, 9.17) is 9.52 Å². The number of aromatic carboxylic acids is 1. The molecule has 1 atom stereocenters. The molecule has 7 nitrogen and oxygen atoms in total. The van der Waals surface area contributed by atoms with Crippen molar-refractivity contribution in [1.29, 1.82) is 0 Å². The second-order valence-electron chi connectivity index (χ2n) is 6.45. The molecule has 1 saturated heterocycles. The molecule has 136 valence electrons. The lowest BCUT2D eigenvalue weighted by Gasteiger charge is -2.21. The minimum absolute atomic E-state index is 0.0565. The fraction of sp³-hybridized carbons (Fsp3) is 0.316. The first-order chi connectivity index (χ1) is 12.4. The summed E-state index contributed by atoms with van der Waals surface area (Å²) in [5, 5.41) is 8.92. The van der Waals surface area contributed by atoms with Gasteiger partial charge in [-0.15, -0.1) is 0 Å². The number of furan rings is 1. The molecule has 2 aromatic rings. The molecule has 3 rings (SSSR count). The van der Waals surface area contributed by atoms with Gasteiger partial charge < -0.3 is 19.3 Å². The number of likely N-dealkylation sites (tertiary alicyclic amines) is 1. The zero-order valence-electron chi connectivity index (χ0n) is 14.4. The summed E-state index contributed by atoms with van der Waals surface area (Å²) in [5.41, 5.74) is 1.04. The Balaban J connectivity index is 1.58. The minimum Gasteiger partial charge on any atom is -0.478 e. The molecule has 1 unspecified atom stereocenters. The Morgan fingerprint density at radius 3 is 2.62 bits per heavy atom. The Kier molecular flexibility index (Phi) is 5.06. The van der Waals surface area contributed by atoms with E-state index >= 15 is 0 Å². The molecule has 0 spiro atoms. The van der Waals surface area contributed by atoms with Crippen LogP contribution in [0.2, 0.25) is 0 Å². The van der Waals surface area contributed by atoms with Gasteiger partial charge in [0.15, 0.2) is 0 Å². The van der Waals surface area contributed by atoms with Gasteiger partial charge in [-0.05, 0) is 29.8 Å². The fourth-order valence-corrected chi connectivity index (χ4v) is 3.10. The molecular formula is C19H20N2O5. The molecule has 0 aliphatic carbocycles. The summed E-state index contributed by atoms with van der Waals surface area (Å²) in [6.07, 6.45) is 1.75. The molecule has 26 heavy (non-hydrogen) atoms. The van der Waals surface area contributed by atoms with Crippen molar-refractivity contribution >= 4 is 17.8 Å². The molecule has 1 fully saturated rings. The Morgan fingerprint density at radius 2 is 2.00 bits per heavy atom. The van der Waals surface area contributed by atoms with Crippen LogP contribution >= 0.6 is 0 Å². The Hall–Kier alpha value is -3.09. The summed E-state index contributed by atoms with van der Waals surface area (Å²) in [6, 6.07) is 9.98. The molecule has 1 aromatic carbocycles. The third-order valence-corrected chi connectivity index (χ3v) is 4.49. The number of carboxylic acid groups (broad SMARTS) is 1. The standard InChI is InChI=1S/C19H20N2O5/c1-20(10-13-4-6-14(7-5-13)19(24)25)18(23)15-9-17(22)21(11-15)12-16-3-2-8-26-16/h2-8,15H,9-12H2,1H3,(H,24,25). The quantitative estimate of drug-likeness (QED) is 0.855. The number of carboxylic acids is 1. The Bertz CT molecular complexity index is 798. The number of amides is 2. The van der Waals surface area contributed by atoms with E-state index in [-0.39, 0.29) is 29.7 Å². The van der Waals surface area contributed by atoms with E-state index in [0.717, 1.165) is 5.56 Å². The highest BCUT2D eigenvalue weighted by Gasteiger charge is 2.36. The number of hydrogen-bond acceptors (Lipinski definition) is 4. The summed E-state index contributed by atoms with van der Waals surface area (Å²) in [5.74, 6) is -0.817. The fourth-order valence-electron chi connectivity index (χ4n) is 3.10. The van der Waals surface area contributed by atoms with Crippen LogP contribution in [0.25, 0.3) is 0 Å². The summed E-state index contributed by atoms with van der Waals surface area (Å²) >= 11 is 0. The minimum atomic E-state index is -0.984. The highest BCUT2D eigenvalue weighted by molar-refractivity contribution is 5.89. The van der Waals surface area contributed by atoms with E-state index in [9.17, 15) is 14.4 Å². The lowest BCUT2D eigenvalue weighted by atomic mass is 10.1. The molecule has 7 heteroatoms. The van der Waals surface area contributed by atoms with Gasteiger partial charge in [0.25, 0.3) is 0 Å². The lowest BCUT2D eigenvalue weighted by Crippen LogP contribution is -2.34. The van der Waals surface area contributed by atoms with Gasteiger partial charge in [-0.3, -0.25) is 9.59 Å². The van der Waals surface area contributed by atoms with Gasteiger partial charge in [0.1, 0.15) is 5.76 Å². The molecule has 2 heterocycles. The van der Waals surface area contributed by atoms with Crippen LogP contribution in [0, 0.1) is 5.92 Å². The molecule has 1 aromatic heterocycles. The zero-order chi connectivity index (χ0) is 18.7. The normalized spacial score (nSPS) is 16.7. The number of benzene rings is 1. The predicted molar refractivity (Wildman–Crippen MR) is 92.1 cm³/mol. The van der Waals surface area contributed by atoms with Crippen LogP contribution in [0.3, 0.4) is 0 Å². The summed E-state index contributed by atoms with van der Waals surface area (Å²) in [6.45, 7) is 1.11. The summed E-state index contributed by atoms with van der Waals surface area (Å²) in [7, 11) is 1.69. The Labute approximate surface area is 150 Å². The first-order valence-corrected chi connectivity index (χ1v) is 8.31. The molecule has 1 N–H and O–H groups in total. The molecule has 0 bridgehead atoms. The van der Waals surface area contributed by atoms with E-state index in [2.05, 4.69) is 0 Å². The van der Waals surface area contributed by atoms with Crippen molar-refractivity contribution in [3.8, 4) is 0 Å². The first kappa shape index (κ1) is 17.7. The maximum absolute atomic E-state index is 12.6. The predicted octanol–water partition coefficient (Wildman–Crippen LogP) is 1.98. The van der Waals surface area contributed by atoms with Gasteiger partial charge in [-0.1, -0.05) is 12.1 Å². The summed E-state index contributed by atoms with van der Waals surface area (Å²) in [4.78, 5) is 38.9. The van der Waals surface area contributed by atoms with Crippen LogP contribution in [0.5, 0.6) is 0 Å². The molecule has 1 aliphatic heterocycles. The number of carbonyl (C=O) groups excluding carboxylic acids is 2. The highest BCUT2D eigenvalue weighted by atomic mass is 16.4. The smallest absolute Gasteiger partial charge is 0.335 e. The van der Waals surface area contributed by atoms with E-state index in [1.54, 1.807) is 47.4 Å². The monoisotopic (exact) mass is 356 g/mol.